The number of morpholine rings is 1. The summed E-state index contributed by atoms with van der Waals surface area (Å²) in [5.41, 5.74) is 3.33. The van der Waals surface area contributed by atoms with Crippen LogP contribution in [0.25, 0.3) is 11.1 Å². The first-order valence-corrected chi connectivity index (χ1v) is 7.17. The van der Waals surface area contributed by atoms with Crippen molar-refractivity contribution in [3.05, 3.63) is 40.9 Å². The number of rotatable bonds is 2. The number of nitrogens with zero attached hydrogens (tertiary/aromatic N) is 2. The number of hydrogen-bond acceptors (Lipinski definition) is 3. The molecule has 0 saturated carbocycles. The fourth-order valence-electron chi connectivity index (χ4n) is 2.22. The molecular weight excluding hydrogens is 303 g/mol. The number of anilines is 1. The first-order chi connectivity index (χ1) is 9.34. The van der Waals surface area contributed by atoms with Gasteiger partial charge in [0.15, 0.2) is 0 Å². The molecule has 0 spiro atoms. The third-order valence-corrected chi connectivity index (χ3v) is 3.96. The van der Waals surface area contributed by atoms with Crippen LogP contribution in [0.5, 0.6) is 0 Å². The third-order valence-electron chi connectivity index (χ3n) is 3.27. The molecule has 0 bridgehead atoms. The average molecular weight is 317 g/mol. The number of benzene rings is 1. The van der Waals surface area contributed by atoms with Crippen molar-refractivity contribution in [1.82, 2.24) is 4.98 Å². The summed E-state index contributed by atoms with van der Waals surface area (Å²) in [6.07, 6.45) is 1.94. The summed E-state index contributed by atoms with van der Waals surface area (Å²) >= 11 is 3.57. The predicted octanol–water partition coefficient (Wildman–Crippen LogP) is 2.69. The molecule has 3 rings (SSSR count). The van der Waals surface area contributed by atoms with Crippen LogP contribution in [0.3, 0.4) is 0 Å². The van der Waals surface area contributed by atoms with Crippen molar-refractivity contribution in [1.29, 1.82) is 0 Å². The van der Waals surface area contributed by atoms with E-state index in [1.807, 2.05) is 24.4 Å². The first-order valence-electron chi connectivity index (χ1n) is 6.38. The Hall–Kier alpha value is -1.20. The van der Waals surface area contributed by atoms with E-state index in [1.165, 1.54) is 5.56 Å². The second kappa shape index (κ2) is 5.84. The van der Waals surface area contributed by atoms with Gasteiger partial charge in [0.25, 0.3) is 0 Å². The van der Waals surface area contributed by atoms with Gasteiger partial charge in [0.05, 0.1) is 0 Å². The van der Waals surface area contributed by atoms with E-state index < -0.39 is 0 Å². The first kappa shape index (κ1) is 12.8. The van der Waals surface area contributed by atoms with Gasteiger partial charge < -0.3 is 0 Å². The molecule has 0 radical (unpaired) electrons. The van der Waals surface area contributed by atoms with E-state index in [1.54, 1.807) is 0 Å². The standard InChI is InChI=1S/C14H14BBrN2O/c16-13-4-2-1-3-12(13)11-9-15-14(17-10-11)18-5-7-19-8-6-18/h1-4,9-10H,5-8H2. The minimum absolute atomic E-state index is 0.785. The maximum absolute atomic E-state index is 5.35. The van der Waals surface area contributed by atoms with Crippen LogP contribution in [0.2, 0.25) is 0 Å². The molecule has 1 aromatic heterocycles. The number of halogens is 1. The summed E-state index contributed by atoms with van der Waals surface area (Å²) in [7, 11) is 0. The quantitative estimate of drug-likeness (QED) is 0.852. The zero-order chi connectivity index (χ0) is 13.1. The van der Waals surface area contributed by atoms with Crippen molar-refractivity contribution < 1.29 is 4.74 Å². The van der Waals surface area contributed by atoms with Crippen LogP contribution < -0.4 is 4.90 Å². The molecule has 1 fully saturated rings. The van der Waals surface area contributed by atoms with E-state index in [4.69, 9.17) is 4.74 Å². The van der Waals surface area contributed by atoms with E-state index >= 15 is 0 Å². The molecule has 96 valence electrons. The minimum atomic E-state index is 0.785. The van der Waals surface area contributed by atoms with Gasteiger partial charge in [-0.25, -0.2) is 0 Å². The van der Waals surface area contributed by atoms with Gasteiger partial charge in [-0.2, -0.15) is 0 Å². The van der Waals surface area contributed by atoms with E-state index in [9.17, 15) is 0 Å². The Bertz CT molecular complexity index is 556. The molecule has 0 atom stereocenters. The van der Waals surface area contributed by atoms with Crippen LogP contribution in [0.1, 0.15) is 0 Å². The molecule has 0 amide bonds. The molecular formula is C14H14BBrN2O. The Morgan fingerprint density at radius 2 is 2.00 bits per heavy atom. The van der Waals surface area contributed by atoms with Gasteiger partial charge in [-0.1, -0.05) is 0 Å². The Balaban J connectivity index is 1.84. The Kier molecular flexibility index (Phi) is 3.94. The summed E-state index contributed by atoms with van der Waals surface area (Å²) in [4.78, 5) is 6.83. The molecule has 0 aliphatic carbocycles. The third kappa shape index (κ3) is 2.87. The maximum atomic E-state index is 5.35. The second-order valence-electron chi connectivity index (χ2n) is 4.48. The average Bonchev–Trinajstić information content (AvgIpc) is 2.49. The molecule has 1 aliphatic heterocycles. The molecule has 19 heavy (non-hydrogen) atoms. The van der Waals surface area contributed by atoms with Gasteiger partial charge in [-0.3, -0.25) is 0 Å². The van der Waals surface area contributed by atoms with Crippen molar-refractivity contribution in [3.63, 3.8) is 0 Å². The van der Waals surface area contributed by atoms with E-state index in [0.29, 0.717) is 0 Å². The van der Waals surface area contributed by atoms with Crippen LogP contribution in [0, 0.1) is 0 Å². The summed E-state index contributed by atoms with van der Waals surface area (Å²) in [5, 5.41) is 0. The van der Waals surface area contributed by atoms with Gasteiger partial charge in [-0.15, -0.1) is 0 Å². The van der Waals surface area contributed by atoms with Gasteiger partial charge >= 0.3 is 122 Å². The number of aromatic nitrogens is 1. The van der Waals surface area contributed by atoms with Gasteiger partial charge in [0, 0.05) is 0 Å². The van der Waals surface area contributed by atoms with Gasteiger partial charge in [-0.05, 0) is 0 Å². The van der Waals surface area contributed by atoms with E-state index in [2.05, 4.69) is 44.8 Å². The van der Waals surface area contributed by atoms with Crippen LogP contribution in [-0.2, 0) is 4.74 Å². The second-order valence-corrected chi connectivity index (χ2v) is 5.34. The summed E-state index contributed by atoms with van der Waals surface area (Å²) in [6, 6.07) is 8.19. The molecule has 1 aromatic carbocycles. The van der Waals surface area contributed by atoms with Crippen LogP contribution in [-0.4, -0.2) is 38.2 Å². The fraction of sp³-hybridized carbons (Fsp3) is 0.286. The van der Waals surface area contributed by atoms with Crippen molar-refractivity contribution in [2.75, 3.05) is 31.2 Å². The van der Waals surface area contributed by atoms with Crippen molar-refractivity contribution >= 4 is 28.6 Å². The molecule has 0 N–H and O–H groups in total. The summed E-state index contributed by atoms with van der Waals surface area (Å²) in [5.74, 6) is 2.12. The Morgan fingerprint density at radius 1 is 1.21 bits per heavy atom. The number of ether oxygens (including phenoxy) is 1. The van der Waals surface area contributed by atoms with Crippen molar-refractivity contribution in [2.45, 2.75) is 0 Å². The monoisotopic (exact) mass is 316 g/mol. The van der Waals surface area contributed by atoms with Crippen LogP contribution in [0.15, 0.2) is 40.9 Å². The summed E-state index contributed by atoms with van der Waals surface area (Å²) < 4.78 is 6.45. The zero-order valence-corrected chi connectivity index (χ0v) is 12.1. The molecule has 3 nitrogen and oxygen atoms in total. The van der Waals surface area contributed by atoms with Gasteiger partial charge in [0.1, 0.15) is 0 Å². The number of hydrogen-bond donors (Lipinski definition) is 0. The van der Waals surface area contributed by atoms with E-state index in [-0.39, 0.29) is 0 Å². The van der Waals surface area contributed by atoms with Gasteiger partial charge in [0.2, 0.25) is 0 Å². The molecule has 2 aromatic rings. The molecule has 1 aliphatic rings. The SMILES string of the molecule is Brc1ccccc1-c1cbc(N2CCOCC2)nc1. The molecule has 0 unspecified atom stereocenters. The Labute approximate surface area is 122 Å². The molecule has 5 heteroatoms. The van der Waals surface area contributed by atoms with Crippen LogP contribution in [0.4, 0.5) is 5.71 Å². The normalized spacial score (nSPS) is 15.3. The van der Waals surface area contributed by atoms with Crippen LogP contribution >= 0.6 is 15.9 Å². The van der Waals surface area contributed by atoms with E-state index in [0.717, 1.165) is 42.1 Å². The zero-order valence-electron chi connectivity index (χ0n) is 10.6. The summed E-state index contributed by atoms with van der Waals surface area (Å²) in [6.45, 7) is 5.49. The molecule has 2 heterocycles. The molecule has 1 saturated heterocycles. The fourth-order valence-corrected chi connectivity index (χ4v) is 2.73. The van der Waals surface area contributed by atoms with Crippen molar-refractivity contribution in [3.8, 4) is 11.1 Å². The topological polar surface area (TPSA) is 25.4 Å². The van der Waals surface area contributed by atoms with Crippen molar-refractivity contribution in [2.24, 2.45) is 0 Å². The predicted molar refractivity (Wildman–Crippen MR) is 81.8 cm³/mol. The Morgan fingerprint density at radius 3 is 2.68 bits per heavy atom.